The lowest BCUT2D eigenvalue weighted by Gasteiger charge is -2.29. The van der Waals surface area contributed by atoms with Crippen LogP contribution < -0.4 is 15.1 Å². The predicted molar refractivity (Wildman–Crippen MR) is 154 cm³/mol. The fourth-order valence-electron chi connectivity index (χ4n) is 4.86. The van der Waals surface area contributed by atoms with Crippen molar-refractivity contribution in [1.82, 2.24) is 4.57 Å². The van der Waals surface area contributed by atoms with E-state index in [4.69, 9.17) is 0 Å². The SMILES string of the molecule is Cc1ccc(NC(=O)Cn2c3c(sc2=O)[C@@H](c2cccs2)[C@@H]2C(=O)N(c4ccc(Br)cc4)C(=O)[C@@H]2S3)cc1. The fourth-order valence-corrected chi connectivity index (χ4v) is 8.84. The van der Waals surface area contributed by atoms with Crippen molar-refractivity contribution in [2.75, 3.05) is 10.2 Å². The number of thioether (sulfide) groups is 1. The molecule has 2 aliphatic heterocycles. The minimum atomic E-state index is -0.703. The Morgan fingerprint density at radius 3 is 2.42 bits per heavy atom. The molecule has 1 fully saturated rings. The van der Waals surface area contributed by atoms with Crippen molar-refractivity contribution in [2.45, 2.75) is 29.7 Å². The summed E-state index contributed by atoms with van der Waals surface area (Å²) in [5, 5.41) is 4.64. The average Bonchev–Trinajstić information content (AvgIpc) is 3.59. The molecule has 7 nitrogen and oxygen atoms in total. The van der Waals surface area contributed by atoms with Crippen molar-refractivity contribution in [3.05, 3.63) is 95.5 Å². The lowest BCUT2D eigenvalue weighted by atomic mass is 9.87. The first-order valence-electron chi connectivity index (χ1n) is 11.8. The second-order valence-corrected chi connectivity index (χ2v) is 13.1. The third-order valence-electron chi connectivity index (χ3n) is 6.62. The molecule has 1 N–H and O–H groups in total. The van der Waals surface area contributed by atoms with Gasteiger partial charge in [-0.3, -0.25) is 23.7 Å². The summed E-state index contributed by atoms with van der Waals surface area (Å²) in [4.78, 5) is 56.2. The molecule has 6 rings (SSSR count). The number of thiazole rings is 1. The smallest absolute Gasteiger partial charge is 0.308 e. The molecule has 0 radical (unpaired) electrons. The lowest BCUT2D eigenvalue weighted by Crippen LogP contribution is -2.32. The summed E-state index contributed by atoms with van der Waals surface area (Å²) >= 11 is 7.16. The Balaban J connectivity index is 1.38. The average molecular weight is 627 g/mol. The number of carbonyl (C=O) groups excluding carboxylic acids is 3. The van der Waals surface area contributed by atoms with E-state index >= 15 is 0 Å². The number of anilines is 2. The van der Waals surface area contributed by atoms with Gasteiger partial charge in [0, 0.05) is 25.8 Å². The highest BCUT2D eigenvalue weighted by atomic mass is 79.9. The second-order valence-electron chi connectivity index (χ2n) is 9.08. The first-order chi connectivity index (χ1) is 18.3. The van der Waals surface area contributed by atoms with Gasteiger partial charge in [0.25, 0.3) is 0 Å². The number of hydrogen-bond donors (Lipinski definition) is 1. The highest BCUT2D eigenvalue weighted by Crippen LogP contribution is 2.54. The maximum atomic E-state index is 13.8. The second kappa shape index (κ2) is 9.96. The number of benzene rings is 2. The number of nitrogens with one attached hydrogen (secondary N) is 1. The van der Waals surface area contributed by atoms with E-state index in [1.807, 2.05) is 48.7 Å². The van der Waals surface area contributed by atoms with Gasteiger partial charge < -0.3 is 5.32 Å². The molecule has 0 unspecified atom stereocenters. The highest BCUT2D eigenvalue weighted by molar-refractivity contribution is 9.10. The number of halogens is 1. The van der Waals surface area contributed by atoms with Crippen LogP contribution in [0.4, 0.5) is 11.4 Å². The first kappa shape index (κ1) is 25.3. The molecule has 0 spiro atoms. The quantitative estimate of drug-likeness (QED) is 0.297. The van der Waals surface area contributed by atoms with Gasteiger partial charge in [-0.1, -0.05) is 62.8 Å². The number of thiophene rings is 1. The largest absolute Gasteiger partial charge is 0.325 e. The Kier molecular flexibility index (Phi) is 6.63. The molecule has 2 aliphatic rings. The lowest BCUT2D eigenvalue weighted by molar-refractivity contribution is -0.122. The van der Waals surface area contributed by atoms with E-state index in [0.29, 0.717) is 16.4 Å². The van der Waals surface area contributed by atoms with Crippen LogP contribution in [0.25, 0.3) is 0 Å². The third kappa shape index (κ3) is 4.37. The molecular formula is C27H20BrN3O4S3. The van der Waals surface area contributed by atoms with Crippen molar-refractivity contribution < 1.29 is 14.4 Å². The van der Waals surface area contributed by atoms with Gasteiger partial charge in [0.2, 0.25) is 17.7 Å². The number of aryl methyl sites for hydroxylation is 1. The molecule has 2 aromatic carbocycles. The van der Waals surface area contributed by atoms with Crippen molar-refractivity contribution in [3.8, 4) is 0 Å². The van der Waals surface area contributed by atoms with Gasteiger partial charge in [0.15, 0.2) is 0 Å². The minimum Gasteiger partial charge on any atom is -0.325 e. The maximum absolute atomic E-state index is 13.8. The zero-order valence-electron chi connectivity index (χ0n) is 19.9. The summed E-state index contributed by atoms with van der Waals surface area (Å²) in [7, 11) is 0. The molecule has 192 valence electrons. The van der Waals surface area contributed by atoms with Crippen LogP contribution in [0, 0.1) is 12.8 Å². The minimum absolute atomic E-state index is 0.182. The molecule has 4 heterocycles. The van der Waals surface area contributed by atoms with Crippen LogP contribution >= 0.6 is 50.4 Å². The van der Waals surface area contributed by atoms with E-state index in [1.54, 1.807) is 24.3 Å². The van der Waals surface area contributed by atoms with E-state index in [2.05, 4.69) is 21.2 Å². The van der Waals surface area contributed by atoms with Crippen LogP contribution in [-0.2, 0) is 20.9 Å². The van der Waals surface area contributed by atoms with Crippen molar-refractivity contribution in [3.63, 3.8) is 0 Å². The molecule has 3 atom stereocenters. The number of aromatic nitrogens is 1. The van der Waals surface area contributed by atoms with E-state index in [0.717, 1.165) is 31.1 Å². The molecule has 0 saturated carbocycles. The number of amides is 3. The summed E-state index contributed by atoms with van der Waals surface area (Å²) in [5.74, 6) is -2.00. The summed E-state index contributed by atoms with van der Waals surface area (Å²) in [6.07, 6.45) is 0. The number of nitrogens with zero attached hydrogens (tertiary/aromatic N) is 2. The molecule has 4 aromatic rings. The third-order valence-corrected chi connectivity index (χ3v) is 10.7. The Morgan fingerprint density at radius 2 is 1.74 bits per heavy atom. The van der Waals surface area contributed by atoms with Gasteiger partial charge in [0.05, 0.1) is 16.6 Å². The number of imide groups is 1. The molecule has 0 aliphatic carbocycles. The van der Waals surface area contributed by atoms with Gasteiger partial charge in [0.1, 0.15) is 11.8 Å². The van der Waals surface area contributed by atoms with E-state index in [1.165, 1.54) is 32.6 Å². The van der Waals surface area contributed by atoms with Gasteiger partial charge in [-0.2, -0.15) is 0 Å². The van der Waals surface area contributed by atoms with Crippen LogP contribution in [0.3, 0.4) is 0 Å². The number of hydrogen-bond acceptors (Lipinski definition) is 7. The topological polar surface area (TPSA) is 88.5 Å². The molecule has 11 heteroatoms. The van der Waals surface area contributed by atoms with Crippen LogP contribution in [0.2, 0.25) is 0 Å². The summed E-state index contributed by atoms with van der Waals surface area (Å²) in [6.45, 7) is 1.78. The zero-order chi connectivity index (χ0) is 26.6. The normalized spacial score (nSPS) is 20.4. The maximum Gasteiger partial charge on any atom is 0.308 e. The Hall–Kier alpha value is -2.99. The highest BCUT2D eigenvalue weighted by Gasteiger charge is 2.57. The fraction of sp³-hybridized carbons (Fsp3) is 0.185. The summed E-state index contributed by atoms with van der Waals surface area (Å²) in [5.41, 5.74) is 2.23. The van der Waals surface area contributed by atoms with E-state index in [-0.39, 0.29) is 29.1 Å². The molecular weight excluding hydrogens is 606 g/mol. The van der Waals surface area contributed by atoms with Crippen LogP contribution in [0.1, 0.15) is 21.2 Å². The van der Waals surface area contributed by atoms with Gasteiger partial charge in [-0.05, 0) is 54.8 Å². The zero-order valence-corrected chi connectivity index (χ0v) is 24.0. The Morgan fingerprint density at radius 1 is 1.00 bits per heavy atom. The molecule has 2 aromatic heterocycles. The Bertz CT molecular complexity index is 1610. The van der Waals surface area contributed by atoms with Gasteiger partial charge in [-0.25, -0.2) is 4.90 Å². The van der Waals surface area contributed by atoms with Gasteiger partial charge in [-0.15, -0.1) is 11.3 Å². The van der Waals surface area contributed by atoms with E-state index in [9.17, 15) is 19.2 Å². The number of fused-ring (bicyclic) bond motifs is 2. The van der Waals surface area contributed by atoms with Crippen molar-refractivity contribution in [1.29, 1.82) is 0 Å². The van der Waals surface area contributed by atoms with Gasteiger partial charge >= 0.3 is 4.87 Å². The molecule has 1 saturated heterocycles. The van der Waals surface area contributed by atoms with Crippen molar-refractivity contribution >= 4 is 79.5 Å². The first-order valence-corrected chi connectivity index (χ1v) is 15.1. The Labute approximate surface area is 238 Å². The van der Waals surface area contributed by atoms with Crippen LogP contribution in [-0.4, -0.2) is 27.5 Å². The van der Waals surface area contributed by atoms with Crippen LogP contribution in [0.5, 0.6) is 0 Å². The summed E-state index contributed by atoms with van der Waals surface area (Å²) < 4.78 is 2.28. The standard InChI is InChI=1S/C27H20BrN3O4S3/c1-14-4-8-16(9-5-14)29-19(32)13-30-26-23(38-27(30)35)20(18-3-2-12-36-18)21-22(37-26)25(34)31(24(21)33)17-10-6-15(28)7-11-17/h2-12,20-22H,13H2,1H3,(H,29,32)/t20-,21-,22+/m0/s1. The molecule has 0 bridgehead atoms. The summed E-state index contributed by atoms with van der Waals surface area (Å²) in [6, 6.07) is 18.3. The number of rotatable bonds is 5. The predicted octanol–water partition coefficient (Wildman–Crippen LogP) is 5.48. The van der Waals surface area contributed by atoms with Crippen LogP contribution in [0.15, 0.2) is 80.3 Å². The monoisotopic (exact) mass is 625 g/mol. The van der Waals surface area contributed by atoms with E-state index < -0.39 is 17.1 Å². The molecule has 3 amide bonds. The number of carbonyl (C=O) groups is 3. The molecule has 38 heavy (non-hydrogen) atoms. The van der Waals surface area contributed by atoms with Crippen molar-refractivity contribution in [2.24, 2.45) is 5.92 Å².